The molecule has 7 heteroatoms. The van der Waals surface area contributed by atoms with Crippen LogP contribution < -0.4 is 10.1 Å². The van der Waals surface area contributed by atoms with Gasteiger partial charge in [-0.2, -0.15) is 0 Å². The van der Waals surface area contributed by atoms with Gasteiger partial charge in [-0.25, -0.2) is 4.39 Å². The van der Waals surface area contributed by atoms with Crippen LogP contribution in [0.2, 0.25) is 0 Å². The molecule has 1 atom stereocenters. The largest absolute Gasteiger partial charge is 0.480 e. The number of nitrogens with zero attached hydrogens (tertiary/aromatic N) is 1. The lowest BCUT2D eigenvalue weighted by Gasteiger charge is -2.33. The number of aryl methyl sites for hydroxylation is 1. The average Bonchev–Trinajstić information content (AvgIpc) is 2.70. The van der Waals surface area contributed by atoms with Crippen molar-refractivity contribution in [1.82, 2.24) is 10.2 Å². The first-order valence-electron chi connectivity index (χ1n) is 9.62. The predicted molar refractivity (Wildman–Crippen MR) is 112 cm³/mol. The third kappa shape index (κ3) is 5.35. The Morgan fingerprint density at radius 2 is 1.90 bits per heavy atom. The van der Waals surface area contributed by atoms with Crippen LogP contribution in [-0.2, 0) is 4.79 Å². The third-order valence-corrected chi connectivity index (χ3v) is 5.61. The molecule has 29 heavy (non-hydrogen) atoms. The maximum Gasteiger partial charge on any atom is 0.260 e. The van der Waals surface area contributed by atoms with Gasteiger partial charge in [-0.05, 0) is 72.4 Å². The number of likely N-dealkylation sites (tertiary alicyclic amines) is 1. The Hall–Kier alpha value is -2.41. The second-order valence-electron chi connectivity index (χ2n) is 7.25. The van der Waals surface area contributed by atoms with Crippen molar-refractivity contribution in [2.24, 2.45) is 0 Å². The summed E-state index contributed by atoms with van der Waals surface area (Å²) in [6.45, 7) is 4.63. The number of hydrogen-bond donors (Lipinski definition) is 1. The average molecular weight is 463 g/mol. The van der Waals surface area contributed by atoms with Crippen LogP contribution in [0.4, 0.5) is 4.39 Å². The van der Waals surface area contributed by atoms with Gasteiger partial charge in [-0.1, -0.05) is 18.2 Å². The van der Waals surface area contributed by atoms with Gasteiger partial charge in [0, 0.05) is 19.1 Å². The lowest BCUT2D eigenvalue weighted by molar-refractivity contribution is -0.128. The summed E-state index contributed by atoms with van der Waals surface area (Å²) in [6.07, 6.45) is 0.590. The molecule has 1 aliphatic rings. The SMILES string of the molecule is Cc1ccc(OC(C)C(=O)NC2CCN(C(=O)c3ccccc3F)CC2)c(Br)c1. The molecule has 2 aromatic rings. The highest BCUT2D eigenvalue weighted by Crippen LogP contribution is 2.26. The first-order valence-corrected chi connectivity index (χ1v) is 10.4. The van der Waals surface area contributed by atoms with Gasteiger partial charge in [0.1, 0.15) is 11.6 Å². The van der Waals surface area contributed by atoms with Crippen LogP contribution >= 0.6 is 15.9 Å². The second kappa shape index (κ2) is 9.39. The summed E-state index contributed by atoms with van der Waals surface area (Å²) in [5, 5.41) is 2.99. The van der Waals surface area contributed by atoms with Gasteiger partial charge in [-0.3, -0.25) is 9.59 Å². The molecule has 0 spiro atoms. The normalized spacial score (nSPS) is 15.7. The van der Waals surface area contributed by atoms with E-state index in [1.165, 1.54) is 12.1 Å². The molecule has 0 aliphatic carbocycles. The molecule has 1 fully saturated rings. The van der Waals surface area contributed by atoms with Crippen LogP contribution in [-0.4, -0.2) is 41.9 Å². The number of hydrogen-bond acceptors (Lipinski definition) is 3. The van der Waals surface area contributed by atoms with E-state index in [4.69, 9.17) is 4.74 Å². The fourth-order valence-electron chi connectivity index (χ4n) is 3.30. The number of amides is 2. The highest BCUT2D eigenvalue weighted by atomic mass is 79.9. The lowest BCUT2D eigenvalue weighted by atomic mass is 10.0. The molecule has 2 aromatic carbocycles. The topological polar surface area (TPSA) is 58.6 Å². The van der Waals surface area contributed by atoms with Gasteiger partial charge < -0.3 is 15.0 Å². The molecule has 154 valence electrons. The Morgan fingerprint density at radius 3 is 2.55 bits per heavy atom. The zero-order valence-corrected chi connectivity index (χ0v) is 18.0. The van der Waals surface area contributed by atoms with Gasteiger partial charge in [0.2, 0.25) is 0 Å². The molecule has 1 N–H and O–H groups in total. The number of benzene rings is 2. The zero-order chi connectivity index (χ0) is 21.0. The molecule has 3 rings (SSSR count). The van der Waals surface area contributed by atoms with Gasteiger partial charge in [0.15, 0.2) is 6.10 Å². The lowest BCUT2D eigenvalue weighted by Crippen LogP contribution is -2.49. The van der Waals surface area contributed by atoms with E-state index in [0.717, 1.165) is 10.0 Å². The number of halogens is 2. The molecule has 5 nitrogen and oxygen atoms in total. The first-order chi connectivity index (χ1) is 13.8. The van der Waals surface area contributed by atoms with E-state index < -0.39 is 11.9 Å². The van der Waals surface area contributed by atoms with Crippen molar-refractivity contribution in [2.75, 3.05) is 13.1 Å². The summed E-state index contributed by atoms with van der Waals surface area (Å²) in [7, 11) is 0. The van der Waals surface area contributed by atoms with E-state index in [9.17, 15) is 14.0 Å². The maximum atomic E-state index is 13.8. The molecule has 1 saturated heterocycles. The number of ether oxygens (including phenoxy) is 1. The Bertz CT molecular complexity index is 897. The molecule has 0 radical (unpaired) electrons. The summed E-state index contributed by atoms with van der Waals surface area (Å²) in [4.78, 5) is 26.6. The van der Waals surface area contributed by atoms with Gasteiger partial charge in [-0.15, -0.1) is 0 Å². The molecule has 1 heterocycles. The van der Waals surface area contributed by atoms with E-state index >= 15 is 0 Å². The number of carbonyl (C=O) groups is 2. The van der Waals surface area contributed by atoms with Crippen LogP contribution in [0.3, 0.4) is 0 Å². The third-order valence-electron chi connectivity index (χ3n) is 4.99. The quantitative estimate of drug-likeness (QED) is 0.727. The number of carbonyl (C=O) groups excluding carboxylic acids is 2. The van der Waals surface area contributed by atoms with Crippen molar-refractivity contribution in [3.05, 3.63) is 63.9 Å². The Morgan fingerprint density at radius 1 is 1.21 bits per heavy atom. The van der Waals surface area contributed by atoms with Gasteiger partial charge >= 0.3 is 0 Å². The molecule has 1 unspecified atom stereocenters. The summed E-state index contributed by atoms with van der Waals surface area (Å²) < 4.78 is 20.4. The van der Waals surface area contributed by atoms with E-state index in [1.54, 1.807) is 24.0 Å². The van der Waals surface area contributed by atoms with Crippen molar-refractivity contribution in [3.8, 4) is 5.75 Å². The molecular weight excluding hydrogens is 439 g/mol. The smallest absolute Gasteiger partial charge is 0.260 e. The standard InChI is InChI=1S/C22H24BrFN2O3/c1-14-7-8-20(18(23)13-14)29-15(2)21(27)25-16-9-11-26(12-10-16)22(28)17-5-3-4-6-19(17)24/h3-8,13,15-16H,9-12H2,1-2H3,(H,25,27). The van der Waals surface area contributed by atoms with Gasteiger partial charge in [0.05, 0.1) is 10.0 Å². The van der Waals surface area contributed by atoms with E-state index in [2.05, 4.69) is 21.2 Å². The molecule has 2 amide bonds. The minimum atomic E-state index is -0.646. The summed E-state index contributed by atoms with van der Waals surface area (Å²) >= 11 is 3.45. The Kier molecular flexibility index (Phi) is 6.90. The van der Waals surface area contributed by atoms with E-state index in [-0.39, 0.29) is 23.4 Å². The molecular formula is C22H24BrFN2O3. The second-order valence-corrected chi connectivity index (χ2v) is 8.10. The molecule has 0 aromatic heterocycles. The molecule has 0 saturated carbocycles. The minimum Gasteiger partial charge on any atom is -0.480 e. The van der Waals surface area contributed by atoms with Crippen LogP contribution in [0.5, 0.6) is 5.75 Å². The Labute approximate surface area is 178 Å². The predicted octanol–water partition coefficient (Wildman–Crippen LogP) is 4.08. The minimum absolute atomic E-state index is 0.0420. The first kappa shape index (κ1) is 21.3. The van der Waals surface area contributed by atoms with Gasteiger partial charge in [0.25, 0.3) is 11.8 Å². The van der Waals surface area contributed by atoms with Crippen LogP contribution in [0.1, 0.15) is 35.7 Å². The number of nitrogens with one attached hydrogen (secondary N) is 1. The number of rotatable bonds is 5. The maximum absolute atomic E-state index is 13.8. The molecule has 0 bridgehead atoms. The van der Waals surface area contributed by atoms with Crippen LogP contribution in [0.25, 0.3) is 0 Å². The van der Waals surface area contributed by atoms with E-state index in [1.807, 2.05) is 25.1 Å². The zero-order valence-electron chi connectivity index (χ0n) is 16.5. The van der Waals surface area contributed by atoms with Crippen molar-refractivity contribution >= 4 is 27.7 Å². The summed E-state index contributed by atoms with van der Waals surface area (Å²) in [5.41, 5.74) is 1.18. The van der Waals surface area contributed by atoms with Crippen molar-refractivity contribution < 1.29 is 18.7 Å². The summed E-state index contributed by atoms with van der Waals surface area (Å²) in [5.74, 6) is -0.408. The highest BCUT2D eigenvalue weighted by molar-refractivity contribution is 9.10. The molecule has 1 aliphatic heterocycles. The highest BCUT2D eigenvalue weighted by Gasteiger charge is 2.27. The monoisotopic (exact) mass is 462 g/mol. The van der Waals surface area contributed by atoms with Crippen LogP contribution in [0, 0.1) is 12.7 Å². The summed E-state index contributed by atoms with van der Waals surface area (Å²) in [6, 6.07) is 11.6. The fourth-order valence-corrected chi connectivity index (χ4v) is 3.88. The van der Waals surface area contributed by atoms with Crippen LogP contribution in [0.15, 0.2) is 46.9 Å². The van der Waals surface area contributed by atoms with Crippen molar-refractivity contribution in [1.29, 1.82) is 0 Å². The van der Waals surface area contributed by atoms with E-state index in [0.29, 0.717) is 31.7 Å². The van der Waals surface area contributed by atoms with Crippen molar-refractivity contribution in [2.45, 2.75) is 38.8 Å². The Balaban J connectivity index is 1.50. The number of piperidine rings is 1. The van der Waals surface area contributed by atoms with Crippen molar-refractivity contribution in [3.63, 3.8) is 0 Å². The fraction of sp³-hybridized carbons (Fsp3) is 0.364.